The summed E-state index contributed by atoms with van der Waals surface area (Å²) in [5, 5.41) is 3.80. The van der Waals surface area contributed by atoms with Crippen LogP contribution in [0.4, 0.5) is 0 Å². The second-order valence-corrected chi connectivity index (χ2v) is 8.94. The van der Waals surface area contributed by atoms with Crippen molar-refractivity contribution in [1.82, 2.24) is 14.9 Å². The summed E-state index contributed by atoms with van der Waals surface area (Å²) < 4.78 is 17.2. The molecule has 0 unspecified atom stereocenters. The van der Waals surface area contributed by atoms with Crippen molar-refractivity contribution in [1.29, 1.82) is 0 Å². The predicted molar refractivity (Wildman–Crippen MR) is 132 cm³/mol. The van der Waals surface area contributed by atoms with Crippen LogP contribution >= 0.6 is 11.3 Å². The zero-order chi connectivity index (χ0) is 22.9. The number of hydrogen-bond donors (Lipinski definition) is 0. The fourth-order valence-corrected chi connectivity index (χ4v) is 5.06. The number of hydrogen-bond acceptors (Lipinski definition) is 8. The summed E-state index contributed by atoms with van der Waals surface area (Å²) in [4.78, 5) is 24.6. The smallest absolute Gasteiger partial charge is 0.336 e. The van der Waals surface area contributed by atoms with Gasteiger partial charge < -0.3 is 13.9 Å². The standard InChI is InChI=1S/C26H21N3O4S/c30-23-9-7-18-6-8-19(14-21(18)33-23)32-25-24-20(17-4-2-1-3-5-17)16-34-26(24)28-22(27-25)15-29-10-12-31-13-11-29/h1-9,14,16H,10-13,15H2. The molecule has 3 aromatic heterocycles. The van der Waals surface area contributed by atoms with E-state index in [0.717, 1.165) is 39.8 Å². The molecule has 0 atom stereocenters. The first-order valence-corrected chi connectivity index (χ1v) is 12.0. The van der Waals surface area contributed by atoms with Gasteiger partial charge in [0.05, 0.1) is 25.1 Å². The maximum atomic E-state index is 11.7. The lowest BCUT2D eigenvalue weighted by Crippen LogP contribution is -2.36. The van der Waals surface area contributed by atoms with Crippen molar-refractivity contribution in [2.75, 3.05) is 26.3 Å². The highest BCUT2D eigenvalue weighted by Crippen LogP contribution is 2.40. The molecule has 0 aliphatic carbocycles. The molecule has 2 aromatic carbocycles. The molecule has 0 saturated carbocycles. The maximum Gasteiger partial charge on any atom is 0.336 e. The molecule has 6 rings (SSSR count). The number of nitrogens with zero attached hydrogens (tertiary/aromatic N) is 3. The third kappa shape index (κ3) is 4.19. The fraction of sp³-hybridized carbons (Fsp3) is 0.192. The van der Waals surface area contributed by atoms with Crippen LogP contribution in [0.5, 0.6) is 11.6 Å². The highest BCUT2D eigenvalue weighted by Gasteiger charge is 2.19. The number of rotatable bonds is 5. The number of thiophene rings is 1. The maximum absolute atomic E-state index is 11.7. The molecule has 7 nitrogen and oxygen atoms in total. The molecule has 1 aliphatic heterocycles. The van der Waals surface area contributed by atoms with E-state index in [4.69, 9.17) is 23.9 Å². The zero-order valence-electron chi connectivity index (χ0n) is 18.3. The van der Waals surface area contributed by atoms with E-state index >= 15 is 0 Å². The Balaban J connectivity index is 1.45. The van der Waals surface area contributed by atoms with Gasteiger partial charge in [-0.1, -0.05) is 30.3 Å². The van der Waals surface area contributed by atoms with E-state index < -0.39 is 5.63 Å². The average molecular weight is 472 g/mol. The second-order valence-electron chi connectivity index (χ2n) is 8.09. The minimum atomic E-state index is -0.397. The van der Waals surface area contributed by atoms with Crippen molar-refractivity contribution >= 4 is 32.5 Å². The minimum Gasteiger partial charge on any atom is -0.438 e. The number of aromatic nitrogens is 2. The first kappa shape index (κ1) is 21.0. The van der Waals surface area contributed by atoms with Crippen LogP contribution in [-0.4, -0.2) is 41.2 Å². The number of morpholine rings is 1. The Morgan fingerprint density at radius 2 is 1.82 bits per heavy atom. The van der Waals surface area contributed by atoms with Crippen molar-refractivity contribution in [3.8, 4) is 22.8 Å². The Kier molecular flexibility index (Phi) is 5.54. The zero-order valence-corrected chi connectivity index (χ0v) is 19.1. The summed E-state index contributed by atoms with van der Waals surface area (Å²) in [5.74, 6) is 1.74. The average Bonchev–Trinajstić information content (AvgIpc) is 3.29. The summed E-state index contributed by atoms with van der Waals surface area (Å²) in [6.45, 7) is 3.75. The Bertz CT molecular complexity index is 1520. The number of benzene rings is 2. The first-order valence-electron chi connectivity index (χ1n) is 11.1. The van der Waals surface area contributed by atoms with Crippen LogP contribution in [0.2, 0.25) is 0 Å². The summed E-state index contributed by atoms with van der Waals surface area (Å²) in [6, 6.07) is 18.7. The van der Waals surface area contributed by atoms with Crippen molar-refractivity contribution in [2.24, 2.45) is 0 Å². The number of fused-ring (bicyclic) bond motifs is 2. The van der Waals surface area contributed by atoms with Crippen LogP contribution in [-0.2, 0) is 11.3 Å². The van der Waals surface area contributed by atoms with Gasteiger partial charge in [-0.25, -0.2) is 9.78 Å². The molecule has 1 saturated heterocycles. The van der Waals surface area contributed by atoms with E-state index in [1.807, 2.05) is 30.3 Å². The van der Waals surface area contributed by atoms with Gasteiger partial charge in [-0.2, -0.15) is 4.98 Å². The normalized spacial score (nSPS) is 14.6. The van der Waals surface area contributed by atoms with Gasteiger partial charge in [0.15, 0.2) is 0 Å². The van der Waals surface area contributed by atoms with Crippen molar-refractivity contribution in [3.63, 3.8) is 0 Å². The van der Waals surface area contributed by atoms with Gasteiger partial charge in [0.2, 0.25) is 5.88 Å². The molecule has 0 bridgehead atoms. The SMILES string of the molecule is O=c1ccc2ccc(Oc3nc(CN4CCOCC4)nc4scc(-c5ccccc5)c34)cc2o1. The van der Waals surface area contributed by atoms with E-state index in [2.05, 4.69) is 22.4 Å². The van der Waals surface area contributed by atoms with Gasteiger partial charge in [-0.05, 0) is 23.8 Å². The lowest BCUT2D eigenvalue weighted by atomic mass is 10.1. The minimum absolute atomic E-state index is 0.397. The second kappa shape index (κ2) is 8.98. The highest BCUT2D eigenvalue weighted by molar-refractivity contribution is 7.17. The molecule has 0 amide bonds. The first-order chi connectivity index (χ1) is 16.7. The molecule has 5 aromatic rings. The number of ether oxygens (including phenoxy) is 2. The van der Waals surface area contributed by atoms with Crippen molar-refractivity contribution < 1.29 is 13.9 Å². The van der Waals surface area contributed by atoms with Gasteiger partial charge in [0, 0.05) is 41.6 Å². The van der Waals surface area contributed by atoms with Crippen LogP contribution in [0.1, 0.15) is 5.82 Å². The predicted octanol–water partition coefficient (Wildman–Crippen LogP) is 5.09. The van der Waals surface area contributed by atoms with Crippen molar-refractivity contribution in [2.45, 2.75) is 6.54 Å². The van der Waals surface area contributed by atoms with E-state index in [1.165, 1.54) is 6.07 Å². The van der Waals surface area contributed by atoms with E-state index in [0.29, 0.717) is 42.8 Å². The molecule has 8 heteroatoms. The fourth-order valence-electron chi connectivity index (χ4n) is 4.10. The molecule has 1 fully saturated rings. The molecule has 4 heterocycles. The Hall–Kier alpha value is -3.59. The molecule has 0 spiro atoms. The Morgan fingerprint density at radius 1 is 1.00 bits per heavy atom. The Labute approximate surface area is 199 Å². The molecule has 1 aliphatic rings. The molecule has 0 radical (unpaired) electrons. The van der Waals surface area contributed by atoms with Gasteiger partial charge in [0.25, 0.3) is 0 Å². The molecule has 0 N–H and O–H groups in total. The molecular weight excluding hydrogens is 450 g/mol. The van der Waals surface area contributed by atoms with Gasteiger partial charge >= 0.3 is 5.63 Å². The summed E-state index contributed by atoms with van der Waals surface area (Å²) >= 11 is 1.58. The van der Waals surface area contributed by atoms with Gasteiger partial charge in [-0.15, -0.1) is 11.3 Å². The van der Waals surface area contributed by atoms with Crippen LogP contribution in [0.25, 0.3) is 32.3 Å². The molecular formula is C26H21N3O4S. The largest absolute Gasteiger partial charge is 0.438 e. The molecule has 34 heavy (non-hydrogen) atoms. The van der Waals surface area contributed by atoms with Crippen molar-refractivity contribution in [3.05, 3.63) is 82.3 Å². The summed E-state index contributed by atoms with van der Waals surface area (Å²) in [6.07, 6.45) is 0. The van der Waals surface area contributed by atoms with E-state index in [1.54, 1.807) is 23.5 Å². The van der Waals surface area contributed by atoms with Crippen LogP contribution < -0.4 is 10.4 Å². The van der Waals surface area contributed by atoms with Gasteiger partial charge in [-0.3, -0.25) is 4.90 Å². The topological polar surface area (TPSA) is 77.7 Å². The van der Waals surface area contributed by atoms with E-state index in [-0.39, 0.29) is 0 Å². The lowest BCUT2D eigenvalue weighted by molar-refractivity contribution is 0.0330. The van der Waals surface area contributed by atoms with Crippen LogP contribution in [0.15, 0.2) is 75.3 Å². The van der Waals surface area contributed by atoms with Gasteiger partial charge in [0.1, 0.15) is 22.0 Å². The Morgan fingerprint density at radius 3 is 2.68 bits per heavy atom. The van der Waals surface area contributed by atoms with E-state index in [9.17, 15) is 4.79 Å². The summed E-state index contributed by atoms with van der Waals surface area (Å²) in [5.41, 5.74) is 2.18. The summed E-state index contributed by atoms with van der Waals surface area (Å²) in [7, 11) is 0. The third-order valence-corrected chi connectivity index (χ3v) is 6.68. The monoisotopic (exact) mass is 471 g/mol. The molecule has 170 valence electrons. The third-order valence-electron chi connectivity index (χ3n) is 5.81. The lowest BCUT2D eigenvalue weighted by Gasteiger charge is -2.25. The van der Waals surface area contributed by atoms with Crippen LogP contribution in [0.3, 0.4) is 0 Å². The van der Waals surface area contributed by atoms with Crippen LogP contribution in [0, 0.1) is 0 Å². The quantitative estimate of drug-likeness (QED) is 0.331. The highest BCUT2D eigenvalue weighted by atomic mass is 32.1.